The van der Waals surface area contributed by atoms with Crippen LogP contribution in [0.4, 0.5) is 22.2 Å². The van der Waals surface area contributed by atoms with E-state index in [1.54, 1.807) is 29.6 Å². The Morgan fingerprint density at radius 2 is 1.43 bits per heavy atom. The van der Waals surface area contributed by atoms with E-state index in [0.717, 1.165) is 4.90 Å². The molecule has 1 N–H and O–H groups in total. The molecule has 0 unspecified atom stereocenters. The highest BCUT2D eigenvalue weighted by molar-refractivity contribution is 7.93. The van der Waals surface area contributed by atoms with E-state index < -0.39 is 21.8 Å². The number of hydrogen-bond donors (Lipinski definition) is 1. The van der Waals surface area contributed by atoms with Crippen LogP contribution in [0.15, 0.2) is 87.4 Å². The van der Waals surface area contributed by atoms with Crippen molar-refractivity contribution in [3.05, 3.63) is 72.3 Å². The highest BCUT2D eigenvalue weighted by Gasteiger charge is 2.24. The normalized spacial score (nSPS) is 14.1. The van der Waals surface area contributed by atoms with E-state index in [4.69, 9.17) is 0 Å². The highest BCUT2D eigenvalue weighted by Crippen LogP contribution is 2.25. The summed E-state index contributed by atoms with van der Waals surface area (Å²) in [5.74, 6) is -0.789. The molecule has 0 saturated carbocycles. The van der Waals surface area contributed by atoms with Gasteiger partial charge in [-0.15, -0.1) is 11.3 Å². The van der Waals surface area contributed by atoms with Gasteiger partial charge in [0.25, 0.3) is 21.8 Å². The van der Waals surface area contributed by atoms with Crippen molar-refractivity contribution in [1.82, 2.24) is 4.98 Å². The van der Waals surface area contributed by atoms with Gasteiger partial charge in [0, 0.05) is 23.7 Å². The van der Waals surface area contributed by atoms with Crippen LogP contribution >= 0.6 is 11.3 Å². The monoisotopic (exact) mass is 439 g/mol. The molecule has 11 heteroatoms. The summed E-state index contributed by atoms with van der Waals surface area (Å²) in [6.45, 7) is 0. The maximum Gasteiger partial charge on any atom is 0.263 e. The van der Waals surface area contributed by atoms with Gasteiger partial charge in [-0.05, 0) is 48.5 Å². The molecule has 1 aliphatic rings. The number of thiazole rings is 1. The second kappa shape index (κ2) is 7.97. The Kier molecular flexibility index (Phi) is 5.21. The third kappa shape index (κ3) is 4.16. The minimum absolute atomic E-state index is 0.0783. The molecule has 1 aliphatic heterocycles. The van der Waals surface area contributed by atoms with Gasteiger partial charge >= 0.3 is 0 Å². The van der Waals surface area contributed by atoms with Crippen molar-refractivity contribution in [2.24, 2.45) is 10.2 Å². The Bertz CT molecular complexity index is 1230. The van der Waals surface area contributed by atoms with Crippen molar-refractivity contribution in [2.45, 2.75) is 4.90 Å². The second-order valence-corrected chi connectivity index (χ2v) is 8.58. The first-order valence-electron chi connectivity index (χ1n) is 8.53. The summed E-state index contributed by atoms with van der Waals surface area (Å²) in [6, 6.07) is 12.3. The Labute approximate surface area is 175 Å². The fourth-order valence-corrected chi connectivity index (χ4v) is 4.37. The van der Waals surface area contributed by atoms with Crippen molar-refractivity contribution >= 4 is 55.4 Å². The van der Waals surface area contributed by atoms with Gasteiger partial charge in [0.1, 0.15) is 0 Å². The molecule has 2 aromatic carbocycles. The van der Waals surface area contributed by atoms with Crippen molar-refractivity contribution < 1.29 is 18.0 Å². The van der Waals surface area contributed by atoms with Crippen molar-refractivity contribution in [1.29, 1.82) is 0 Å². The zero-order valence-corrected chi connectivity index (χ0v) is 16.8. The molecule has 0 saturated heterocycles. The maximum atomic E-state index is 12.3. The van der Waals surface area contributed by atoms with Crippen molar-refractivity contribution in [3.8, 4) is 0 Å². The average molecular weight is 439 g/mol. The fraction of sp³-hybridized carbons (Fsp3) is 0. The summed E-state index contributed by atoms with van der Waals surface area (Å²) < 4.78 is 27.0. The number of carbonyl (C=O) groups excluding carboxylic acids is 2. The predicted molar refractivity (Wildman–Crippen MR) is 112 cm³/mol. The minimum atomic E-state index is -3.73. The van der Waals surface area contributed by atoms with Gasteiger partial charge in [0.05, 0.1) is 22.0 Å². The molecule has 2 heterocycles. The van der Waals surface area contributed by atoms with Crippen LogP contribution in [0.5, 0.6) is 0 Å². The molecule has 0 spiro atoms. The third-order valence-corrected chi connectivity index (χ3v) is 6.17. The number of aromatic nitrogens is 1. The molecule has 30 heavy (non-hydrogen) atoms. The minimum Gasteiger partial charge on any atom is -0.269 e. The Hall–Kier alpha value is -3.70. The molecule has 0 radical (unpaired) electrons. The first kappa shape index (κ1) is 19.6. The van der Waals surface area contributed by atoms with Crippen LogP contribution in [0.25, 0.3) is 0 Å². The number of carbonyl (C=O) groups is 2. The Morgan fingerprint density at radius 1 is 0.867 bits per heavy atom. The van der Waals surface area contributed by atoms with Crippen molar-refractivity contribution in [3.63, 3.8) is 0 Å². The predicted octanol–water partition coefficient (Wildman–Crippen LogP) is 3.79. The summed E-state index contributed by atoms with van der Waals surface area (Å²) in [6.07, 6.45) is 3.94. The average Bonchev–Trinajstić information content (AvgIpc) is 3.36. The zero-order chi connectivity index (χ0) is 21.1. The maximum absolute atomic E-state index is 12.3. The third-order valence-electron chi connectivity index (χ3n) is 4.00. The molecule has 3 aromatic rings. The topological polar surface area (TPSA) is 121 Å². The number of hydrogen-bond acceptors (Lipinski definition) is 8. The summed E-state index contributed by atoms with van der Waals surface area (Å²) >= 11 is 1.18. The Balaban J connectivity index is 1.44. The van der Waals surface area contributed by atoms with Crippen LogP contribution in [0.3, 0.4) is 0 Å². The van der Waals surface area contributed by atoms with E-state index in [-0.39, 0.29) is 10.0 Å². The molecule has 9 nitrogen and oxygen atoms in total. The lowest BCUT2D eigenvalue weighted by Gasteiger charge is -2.13. The second-order valence-electron chi connectivity index (χ2n) is 6.00. The molecule has 1 aromatic heterocycles. The van der Waals surface area contributed by atoms with Crippen LogP contribution in [0.2, 0.25) is 0 Å². The van der Waals surface area contributed by atoms with Crippen LogP contribution in [-0.4, -0.2) is 25.2 Å². The molecule has 4 rings (SSSR count). The molecule has 0 atom stereocenters. The molecule has 0 bridgehead atoms. The van der Waals surface area contributed by atoms with E-state index in [0.29, 0.717) is 17.1 Å². The van der Waals surface area contributed by atoms with E-state index in [1.807, 2.05) is 0 Å². The van der Waals surface area contributed by atoms with Gasteiger partial charge in [0.2, 0.25) is 0 Å². The summed E-state index contributed by atoms with van der Waals surface area (Å²) in [4.78, 5) is 28.4. The number of azo groups is 1. The lowest BCUT2D eigenvalue weighted by molar-refractivity contribution is -0.119. The van der Waals surface area contributed by atoms with E-state index >= 15 is 0 Å². The lowest BCUT2D eigenvalue weighted by atomic mass is 10.2. The number of benzene rings is 2. The number of anilines is 2. The fourth-order valence-electron chi connectivity index (χ4n) is 2.58. The van der Waals surface area contributed by atoms with Crippen LogP contribution in [0.1, 0.15) is 0 Å². The number of nitrogens with one attached hydrogen (secondary N) is 1. The molecule has 0 fully saturated rings. The van der Waals surface area contributed by atoms with Gasteiger partial charge in [-0.25, -0.2) is 18.3 Å². The number of amides is 2. The SMILES string of the molecule is O=C1C=CC(=O)N1c1ccc(N=Nc2ccc(S(=O)(=O)Nc3nccs3)cc2)cc1. The van der Waals surface area contributed by atoms with E-state index in [9.17, 15) is 18.0 Å². The van der Waals surface area contributed by atoms with Gasteiger partial charge in [-0.2, -0.15) is 10.2 Å². The first-order chi connectivity index (χ1) is 14.4. The zero-order valence-electron chi connectivity index (χ0n) is 15.2. The summed E-state index contributed by atoms with van der Waals surface area (Å²) in [5, 5.41) is 10.1. The molecular formula is C19H13N5O4S2. The van der Waals surface area contributed by atoms with E-state index in [1.165, 1.54) is 54.0 Å². The lowest BCUT2D eigenvalue weighted by Crippen LogP contribution is -2.29. The van der Waals surface area contributed by atoms with Gasteiger partial charge in [-0.1, -0.05) is 0 Å². The highest BCUT2D eigenvalue weighted by atomic mass is 32.2. The molecule has 0 aliphatic carbocycles. The molecule has 150 valence electrons. The van der Waals surface area contributed by atoms with Gasteiger partial charge < -0.3 is 0 Å². The summed E-state index contributed by atoms with van der Waals surface area (Å²) in [7, 11) is -3.73. The van der Waals surface area contributed by atoms with Gasteiger partial charge in [-0.3, -0.25) is 14.3 Å². The van der Waals surface area contributed by atoms with Crippen molar-refractivity contribution in [2.75, 3.05) is 9.62 Å². The number of sulfonamides is 1. The Morgan fingerprint density at radius 3 is 1.97 bits per heavy atom. The number of imide groups is 1. The molecular weight excluding hydrogens is 426 g/mol. The first-order valence-corrected chi connectivity index (χ1v) is 10.9. The number of nitrogens with zero attached hydrogens (tertiary/aromatic N) is 4. The van der Waals surface area contributed by atoms with Gasteiger partial charge in [0.15, 0.2) is 5.13 Å². The smallest absolute Gasteiger partial charge is 0.263 e. The van der Waals surface area contributed by atoms with Crippen LogP contribution in [-0.2, 0) is 19.6 Å². The van der Waals surface area contributed by atoms with E-state index in [2.05, 4.69) is 19.9 Å². The quantitative estimate of drug-likeness (QED) is 0.463. The standard InChI is InChI=1S/C19H13N5O4S2/c25-17-9-10-18(26)24(17)15-5-1-13(2-6-15)21-22-14-3-7-16(8-4-14)30(27,28)23-19-20-11-12-29-19/h1-12H,(H,20,23). The number of rotatable bonds is 6. The van der Waals surface area contributed by atoms with Crippen LogP contribution < -0.4 is 9.62 Å². The largest absolute Gasteiger partial charge is 0.269 e. The molecule has 2 amide bonds. The van der Waals surface area contributed by atoms with Crippen LogP contribution in [0, 0.1) is 0 Å². The summed E-state index contributed by atoms with van der Waals surface area (Å²) in [5.41, 5.74) is 1.41.